The molecule has 0 radical (unpaired) electrons. The predicted octanol–water partition coefficient (Wildman–Crippen LogP) is -0.640. The number of aliphatic hydroxyl groups is 5. The molecule has 0 aliphatic heterocycles. The minimum Gasteiger partial charge on any atom is -0.459 e. The zero-order chi connectivity index (χ0) is 15.1. The zero-order valence-corrected chi connectivity index (χ0v) is 11.7. The van der Waals surface area contributed by atoms with Gasteiger partial charge in [0.25, 0.3) is 0 Å². The molecular formula is C12H14BrFO6. The van der Waals surface area contributed by atoms with Crippen LogP contribution in [-0.4, -0.2) is 56.2 Å². The molecule has 0 bridgehead atoms. The molecule has 0 saturated heterocycles. The van der Waals surface area contributed by atoms with Crippen LogP contribution in [0.15, 0.2) is 22.7 Å². The molecule has 1 aliphatic carbocycles. The average Bonchev–Trinajstić information content (AvgIpc) is 2.41. The Morgan fingerprint density at radius 1 is 1.40 bits per heavy atom. The molecule has 0 heterocycles. The summed E-state index contributed by atoms with van der Waals surface area (Å²) in [6, 6.07) is 3.79. The molecule has 1 fully saturated rings. The van der Waals surface area contributed by atoms with Crippen LogP contribution in [-0.2, 0) is 0 Å². The molecule has 1 aromatic rings. The first-order chi connectivity index (χ1) is 9.32. The van der Waals surface area contributed by atoms with Crippen molar-refractivity contribution in [1.82, 2.24) is 0 Å². The molecule has 5 unspecified atom stereocenters. The number of benzene rings is 1. The van der Waals surface area contributed by atoms with Gasteiger partial charge >= 0.3 is 0 Å². The molecule has 1 aromatic carbocycles. The molecule has 5 atom stereocenters. The van der Waals surface area contributed by atoms with Crippen molar-refractivity contribution in [3.8, 4) is 5.75 Å². The van der Waals surface area contributed by atoms with Crippen molar-refractivity contribution in [1.29, 1.82) is 0 Å². The number of aliphatic hydroxyl groups excluding tert-OH is 4. The molecule has 1 saturated carbocycles. The van der Waals surface area contributed by atoms with Crippen LogP contribution in [0.1, 0.15) is 0 Å². The van der Waals surface area contributed by atoms with E-state index in [1.54, 1.807) is 0 Å². The summed E-state index contributed by atoms with van der Waals surface area (Å²) in [5, 5.41) is 47.9. The monoisotopic (exact) mass is 352 g/mol. The predicted molar refractivity (Wildman–Crippen MR) is 68.3 cm³/mol. The maximum Gasteiger partial charge on any atom is 0.229 e. The van der Waals surface area contributed by atoms with Gasteiger partial charge in [0.15, 0.2) is 17.2 Å². The Labute approximate surface area is 122 Å². The molecule has 112 valence electrons. The summed E-state index contributed by atoms with van der Waals surface area (Å²) >= 11 is 3.05. The zero-order valence-electron chi connectivity index (χ0n) is 10.1. The third-order valence-corrected chi connectivity index (χ3v) is 4.02. The maximum absolute atomic E-state index is 13.6. The quantitative estimate of drug-likeness (QED) is 0.461. The normalized spacial score (nSPS) is 34.5. The summed E-state index contributed by atoms with van der Waals surface area (Å²) in [5.41, 5.74) is -2.27. The second-order valence-corrected chi connectivity index (χ2v) is 5.57. The Morgan fingerprint density at radius 3 is 2.60 bits per heavy atom. The second kappa shape index (κ2) is 5.55. The van der Waals surface area contributed by atoms with Crippen LogP contribution < -0.4 is 4.74 Å². The van der Waals surface area contributed by atoms with Crippen LogP contribution in [0.2, 0.25) is 0 Å². The highest BCUT2D eigenvalue weighted by molar-refractivity contribution is 9.10. The van der Waals surface area contributed by atoms with Crippen molar-refractivity contribution in [2.45, 2.75) is 24.1 Å². The van der Waals surface area contributed by atoms with E-state index >= 15 is 0 Å². The molecule has 20 heavy (non-hydrogen) atoms. The molecule has 0 spiro atoms. The Bertz CT molecular complexity index is 501. The number of halogens is 2. The number of hydrogen-bond acceptors (Lipinski definition) is 6. The van der Waals surface area contributed by atoms with E-state index < -0.39 is 42.4 Å². The number of hydrogen-bond donors (Lipinski definition) is 5. The second-order valence-electron chi connectivity index (χ2n) is 4.66. The first kappa shape index (κ1) is 15.6. The fourth-order valence-corrected chi connectivity index (χ4v) is 2.57. The minimum absolute atomic E-state index is 0.334. The molecule has 1 aliphatic rings. The number of rotatable bonds is 4. The van der Waals surface area contributed by atoms with Gasteiger partial charge in [-0.05, 0) is 18.2 Å². The molecule has 5 N–H and O–H groups in total. The van der Waals surface area contributed by atoms with Crippen molar-refractivity contribution in [2.75, 3.05) is 6.61 Å². The standard InChI is InChI=1S/C12H14BrFO6/c13-5-1-2-8(7(14)3-5)20-11(18)12(19)6(4-15)9(16)10(12)17/h1-3,6,9-11,15-19H,4H2. The lowest BCUT2D eigenvalue weighted by Gasteiger charge is -2.53. The van der Waals surface area contributed by atoms with Gasteiger partial charge in [-0.2, -0.15) is 0 Å². The first-order valence-corrected chi connectivity index (χ1v) is 6.60. The van der Waals surface area contributed by atoms with Crippen LogP contribution >= 0.6 is 15.9 Å². The van der Waals surface area contributed by atoms with Crippen molar-refractivity contribution in [3.05, 3.63) is 28.5 Å². The summed E-state index contributed by atoms with van der Waals surface area (Å²) in [5.74, 6) is -2.30. The topological polar surface area (TPSA) is 110 Å². The van der Waals surface area contributed by atoms with Crippen LogP contribution in [0.5, 0.6) is 5.75 Å². The lowest BCUT2D eigenvalue weighted by molar-refractivity contribution is -0.332. The van der Waals surface area contributed by atoms with Crippen molar-refractivity contribution >= 4 is 15.9 Å². The Balaban J connectivity index is 2.17. The van der Waals surface area contributed by atoms with E-state index in [4.69, 9.17) is 9.84 Å². The first-order valence-electron chi connectivity index (χ1n) is 5.81. The van der Waals surface area contributed by atoms with Gasteiger partial charge in [0.2, 0.25) is 6.29 Å². The van der Waals surface area contributed by atoms with E-state index in [0.717, 1.165) is 6.07 Å². The van der Waals surface area contributed by atoms with Gasteiger partial charge in [-0.1, -0.05) is 15.9 Å². The van der Waals surface area contributed by atoms with E-state index in [0.29, 0.717) is 4.47 Å². The lowest BCUT2D eigenvalue weighted by atomic mass is 9.64. The smallest absolute Gasteiger partial charge is 0.229 e. The summed E-state index contributed by atoms with van der Waals surface area (Å²) < 4.78 is 18.9. The third-order valence-electron chi connectivity index (χ3n) is 3.53. The molecule has 8 heteroatoms. The van der Waals surface area contributed by atoms with Crippen LogP contribution in [0, 0.1) is 11.7 Å². The Kier molecular flexibility index (Phi) is 4.33. The van der Waals surface area contributed by atoms with E-state index in [-0.39, 0.29) is 5.75 Å². The number of ether oxygens (including phenoxy) is 1. The fraction of sp³-hybridized carbons (Fsp3) is 0.500. The van der Waals surface area contributed by atoms with Crippen molar-refractivity contribution < 1.29 is 34.7 Å². The minimum atomic E-state index is -2.27. The SMILES string of the molecule is OCC1C(O)C(O)C1(O)C(O)Oc1ccc(Br)cc1F. The third kappa shape index (κ3) is 2.32. The molecular weight excluding hydrogens is 339 g/mol. The van der Waals surface area contributed by atoms with Gasteiger partial charge in [-0.3, -0.25) is 0 Å². The highest BCUT2D eigenvalue weighted by atomic mass is 79.9. The summed E-state index contributed by atoms with van der Waals surface area (Å²) in [6.45, 7) is -0.669. The van der Waals surface area contributed by atoms with Gasteiger partial charge in [-0.25, -0.2) is 4.39 Å². The highest BCUT2D eigenvalue weighted by Crippen LogP contribution is 2.42. The maximum atomic E-state index is 13.6. The van der Waals surface area contributed by atoms with Gasteiger partial charge in [-0.15, -0.1) is 0 Å². The van der Waals surface area contributed by atoms with Crippen LogP contribution in [0.3, 0.4) is 0 Å². The van der Waals surface area contributed by atoms with Gasteiger partial charge < -0.3 is 30.3 Å². The molecule has 2 rings (SSSR count). The average molecular weight is 353 g/mol. The summed E-state index contributed by atoms with van der Waals surface area (Å²) in [6.07, 6.45) is -5.10. The molecule has 0 amide bonds. The van der Waals surface area contributed by atoms with Gasteiger partial charge in [0.05, 0.1) is 12.7 Å². The van der Waals surface area contributed by atoms with Gasteiger partial charge in [0, 0.05) is 10.4 Å². The Morgan fingerprint density at radius 2 is 2.05 bits per heavy atom. The lowest BCUT2D eigenvalue weighted by Crippen LogP contribution is -2.76. The molecule has 6 nitrogen and oxygen atoms in total. The Hall–Kier alpha value is -0.770. The fourth-order valence-electron chi connectivity index (χ4n) is 2.24. The van der Waals surface area contributed by atoms with E-state index in [1.807, 2.05) is 0 Å². The molecule has 0 aromatic heterocycles. The summed E-state index contributed by atoms with van der Waals surface area (Å²) in [4.78, 5) is 0. The van der Waals surface area contributed by atoms with Crippen LogP contribution in [0.4, 0.5) is 4.39 Å². The largest absolute Gasteiger partial charge is 0.459 e. The van der Waals surface area contributed by atoms with E-state index in [9.17, 15) is 24.8 Å². The van der Waals surface area contributed by atoms with Crippen molar-refractivity contribution in [3.63, 3.8) is 0 Å². The van der Waals surface area contributed by atoms with Crippen LogP contribution in [0.25, 0.3) is 0 Å². The summed E-state index contributed by atoms with van der Waals surface area (Å²) in [7, 11) is 0. The highest BCUT2D eigenvalue weighted by Gasteiger charge is 2.65. The van der Waals surface area contributed by atoms with E-state index in [1.165, 1.54) is 12.1 Å². The van der Waals surface area contributed by atoms with Gasteiger partial charge in [0.1, 0.15) is 6.10 Å². The van der Waals surface area contributed by atoms with E-state index in [2.05, 4.69) is 15.9 Å². The van der Waals surface area contributed by atoms with Crippen molar-refractivity contribution in [2.24, 2.45) is 5.92 Å².